The van der Waals surface area contributed by atoms with Gasteiger partial charge in [0.05, 0.1) is 12.2 Å². The van der Waals surface area contributed by atoms with Gasteiger partial charge in [-0.3, -0.25) is 0 Å². The van der Waals surface area contributed by atoms with Crippen LogP contribution in [0.1, 0.15) is 0 Å². The van der Waals surface area contributed by atoms with E-state index in [2.05, 4.69) is 0 Å². The zero-order valence-electron chi connectivity index (χ0n) is 3.83. The maximum atomic E-state index is 9.88. The quantitative estimate of drug-likeness (QED) is 0.442. The van der Waals surface area contributed by atoms with Crippen molar-refractivity contribution in [3.8, 4) is 0 Å². The molecule has 1 aliphatic rings. The van der Waals surface area contributed by atoms with E-state index in [4.69, 9.17) is 4.74 Å². The van der Waals surface area contributed by atoms with Crippen molar-refractivity contribution in [2.24, 2.45) is 5.92 Å². The Balaban J connectivity index is 2.42. The molecule has 1 aliphatic heterocycles. The van der Waals surface area contributed by atoms with Gasteiger partial charge >= 0.3 is 0 Å². The molecule has 0 radical (unpaired) electrons. The summed E-state index contributed by atoms with van der Waals surface area (Å²) in [5.74, 6) is 0.0139. The largest absolute Gasteiger partial charge is 0.500 e. The van der Waals surface area contributed by atoms with Gasteiger partial charge in [0.1, 0.15) is 12.9 Å². The van der Waals surface area contributed by atoms with Crippen molar-refractivity contribution in [2.75, 3.05) is 6.61 Å². The van der Waals surface area contributed by atoms with E-state index in [1.54, 1.807) is 12.3 Å². The Kier molecular flexibility index (Phi) is 1.11. The summed E-state index contributed by atoms with van der Waals surface area (Å²) in [6.45, 7) is 0.531. The molecule has 0 bridgehead atoms. The fourth-order valence-corrected chi connectivity index (χ4v) is 0.463. The van der Waals surface area contributed by atoms with Gasteiger partial charge < -0.3 is 9.53 Å². The van der Waals surface area contributed by atoms with Gasteiger partial charge in [-0.25, -0.2) is 0 Å². The second-order valence-electron chi connectivity index (χ2n) is 1.46. The lowest BCUT2D eigenvalue weighted by atomic mass is 10.2. The first-order chi connectivity index (χ1) is 3.43. The third-order valence-corrected chi connectivity index (χ3v) is 0.885. The second kappa shape index (κ2) is 1.78. The molecule has 2 heteroatoms. The van der Waals surface area contributed by atoms with Crippen LogP contribution >= 0.6 is 0 Å². The first-order valence-corrected chi connectivity index (χ1v) is 2.17. The van der Waals surface area contributed by atoms with E-state index in [0.29, 0.717) is 6.61 Å². The summed E-state index contributed by atoms with van der Waals surface area (Å²) in [4.78, 5) is 9.88. The summed E-state index contributed by atoms with van der Waals surface area (Å²) in [6, 6.07) is 0. The van der Waals surface area contributed by atoms with E-state index < -0.39 is 0 Å². The van der Waals surface area contributed by atoms with Crippen LogP contribution in [0.25, 0.3) is 0 Å². The molecule has 1 unspecified atom stereocenters. The molecule has 0 aliphatic carbocycles. The van der Waals surface area contributed by atoms with Crippen LogP contribution in [-0.2, 0) is 9.53 Å². The predicted octanol–water partition coefficient (Wildman–Crippen LogP) is 0.345. The molecule has 38 valence electrons. The van der Waals surface area contributed by atoms with Crippen molar-refractivity contribution in [3.05, 3.63) is 12.3 Å². The lowest BCUT2D eigenvalue weighted by Crippen LogP contribution is -1.98. The fourth-order valence-electron chi connectivity index (χ4n) is 0.463. The highest BCUT2D eigenvalue weighted by molar-refractivity contribution is 5.57. The Hall–Kier alpha value is -0.790. The van der Waals surface area contributed by atoms with Crippen LogP contribution in [0.4, 0.5) is 0 Å². The standard InChI is InChI=1S/C5H6O2/c6-3-5-1-2-7-4-5/h1-3,5H,4H2. The van der Waals surface area contributed by atoms with E-state index in [1.807, 2.05) is 0 Å². The molecule has 1 rings (SSSR count). The normalized spacial score (nSPS) is 27.1. The molecule has 0 aromatic heterocycles. The smallest absolute Gasteiger partial charge is 0.130 e. The lowest BCUT2D eigenvalue weighted by molar-refractivity contribution is -0.110. The number of hydrogen-bond donors (Lipinski definition) is 0. The van der Waals surface area contributed by atoms with Gasteiger partial charge in [0.15, 0.2) is 0 Å². The van der Waals surface area contributed by atoms with Crippen LogP contribution in [0.2, 0.25) is 0 Å². The minimum absolute atomic E-state index is 0.0139. The Morgan fingerprint density at radius 1 is 1.86 bits per heavy atom. The SMILES string of the molecule is O=CC1C=COC1. The van der Waals surface area contributed by atoms with Gasteiger partial charge in [-0.2, -0.15) is 0 Å². The number of hydrogen-bond acceptors (Lipinski definition) is 2. The molecule has 0 saturated heterocycles. The Labute approximate surface area is 41.8 Å². The molecule has 0 fully saturated rings. The molecule has 0 N–H and O–H groups in total. The molecule has 0 aromatic rings. The monoisotopic (exact) mass is 98.0 g/mol. The third-order valence-electron chi connectivity index (χ3n) is 0.885. The average molecular weight is 98.1 g/mol. The minimum Gasteiger partial charge on any atom is -0.500 e. The molecule has 0 aromatic carbocycles. The predicted molar refractivity (Wildman–Crippen MR) is 24.6 cm³/mol. The van der Waals surface area contributed by atoms with Crippen LogP contribution in [0.3, 0.4) is 0 Å². The van der Waals surface area contributed by atoms with Crippen molar-refractivity contribution >= 4 is 6.29 Å². The van der Waals surface area contributed by atoms with E-state index in [0.717, 1.165) is 6.29 Å². The van der Waals surface area contributed by atoms with Crippen molar-refractivity contribution < 1.29 is 9.53 Å². The van der Waals surface area contributed by atoms with Gasteiger partial charge in [0.25, 0.3) is 0 Å². The third kappa shape index (κ3) is 0.796. The van der Waals surface area contributed by atoms with Gasteiger partial charge in [0, 0.05) is 0 Å². The van der Waals surface area contributed by atoms with Crippen LogP contribution in [0.5, 0.6) is 0 Å². The van der Waals surface area contributed by atoms with E-state index >= 15 is 0 Å². The van der Waals surface area contributed by atoms with E-state index in [1.165, 1.54) is 0 Å². The van der Waals surface area contributed by atoms with Crippen molar-refractivity contribution in [3.63, 3.8) is 0 Å². The number of aldehydes is 1. The fraction of sp³-hybridized carbons (Fsp3) is 0.400. The van der Waals surface area contributed by atoms with E-state index in [-0.39, 0.29) is 5.92 Å². The van der Waals surface area contributed by atoms with Gasteiger partial charge in [-0.1, -0.05) is 0 Å². The summed E-state index contributed by atoms with van der Waals surface area (Å²) in [6.07, 6.45) is 4.18. The number of carbonyl (C=O) groups is 1. The summed E-state index contributed by atoms with van der Waals surface area (Å²) in [5, 5.41) is 0. The maximum Gasteiger partial charge on any atom is 0.130 e. The number of carbonyl (C=O) groups excluding carboxylic acids is 1. The van der Waals surface area contributed by atoms with Crippen LogP contribution in [-0.4, -0.2) is 12.9 Å². The maximum absolute atomic E-state index is 9.88. The average Bonchev–Trinajstić information content (AvgIpc) is 2.14. The van der Waals surface area contributed by atoms with Crippen molar-refractivity contribution in [1.82, 2.24) is 0 Å². The van der Waals surface area contributed by atoms with Crippen molar-refractivity contribution in [1.29, 1.82) is 0 Å². The van der Waals surface area contributed by atoms with Gasteiger partial charge in [-0.05, 0) is 6.08 Å². The summed E-state index contributed by atoms with van der Waals surface area (Å²) in [5.41, 5.74) is 0. The molecule has 0 amide bonds. The first kappa shape index (κ1) is 4.37. The molecule has 7 heavy (non-hydrogen) atoms. The van der Waals surface area contributed by atoms with Gasteiger partial charge in [-0.15, -0.1) is 0 Å². The zero-order valence-corrected chi connectivity index (χ0v) is 3.83. The molecule has 0 spiro atoms. The molecule has 1 heterocycles. The number of rotatable bonds is 1. The molecule has 0 saturated carbocycles. The highest BCUT2D eigenvalue weighted by Gasteiger charge is 2.06. The highest BCUT2D eigenvalue weighted by Crippen LogP contribution is 2.02. The Bertz CT molecular complexity index is 96.3. The minimum atomic E-state index is 0.0139. The molecular weight excluding hydrogens is 92.1 g/mol. The Morgan fingerprint density at radius 3 is 3.00 bits per heavy atom. The lowest BCUT2D eigenvalue weighted by Gasteiger charge is -1.89. The summed E-state index contributed by atoms with van der Waals surface area (Å²) < 4.78 is 4.74. The van der Waals surface area contributed by atoms with Gasteiger partial charge in [0.2, 0.25) is 0 Å². The molecular formula is C5H6O2. The van der Waals surface area contributed by atoms with E-state index in [9.17, 15) is 4.79 Å². The van der Waals surface area contributed by atoms with Crippen LogP contribution in [0, 0.1) is 5.92 Å². The Morgan fingerprint density at radius 2 is 2.71 bits per heavy atom. The van der Waals surface area contributed by atoms with Crippen LogP contribution < -0.4 is 0 Å². The molecule has 2 nitrogen and oxygen atoms in total. The first-order valence-electron chi connectivity index (χ1n) is 2.17. The number of ether oxygens (including phenoxy) is 1. The molecule has 1 atom stereocenters. The van der Waals surface area contributed by atoms with Crippen molar-refractivity contribution in [2.45, 2.75) is 0 Å². The van der Waals surface area contributed by atoms with Crippen LogP contribution in [0.15, 0.2) is 12.3 Å². The highest BCUT2D eigenvalue weighted by atomic mass is 16.5. The summed E-state index contributed by atoms with van der Waals surface area (Å²) >= 11 is 0. The summed E-state index contributed by atoms with van der Waals surface area (Å²) in [7, 11) is 0. The zero-order chi connectivity index (χ0) is 5.11. The second-order valence-corrected chi connectivity index (χ2v) is 1.46. The topological polar surface area (TPSA) is 26.3 Å².